The third kappa shape index (κ3) is 1.22. The number of aryl methyl sites for hydroxylation is 2. The summed E-state index contributed by atoms with van der Waals surface area (Å²) in [5.74, 6) is 0. The molecule has 0 radical (unpaired) electrons. The Labute approximate surface area is 104 Å². The molecule has 1 aromatic carbocycles. The van der Waals surface area contributed by atoms with Gasteiger partial charge in [0.1, 0.15) is 0 Å². The van der Waals surface area contributed by atoms with E-state index in [4.69, 9.17) is 0 Å². The maximum Gasteiger partial charge on any atom is 0.198 e. The van der Waals surface area contributed by atoms with Gasteiger partial charge in [0.25, 0.3) is 0 Å². The molecule has 18 heavy (non-hydrogen) atoms. The highest BCUT2D eigenvalue weighted by atomic mass is 16.1. The molecule has 3 heteroatoms. The van der Waals surface area contributed by atoms with Gasteiger partial charge in [0, 0.05) is 29.3 Å². The Kier molecular flexibility index (Phi) is 1.92. The normalized spacial score (nSPS) is 15.1. The maximum absolute atomic E-state index is 12.5. The number of para-hydroxylation sites is 1. The van der Waals surface area contributed by atoms with Gasteiger partial charge in [-0.25, -0.2) is 0 Å². The first-order chi connectivity index (χ1) is 8.84. The molecule has 0 amide bonds. The van der Waals surface area contributed by atoms with E-state index in [1.165, 1.54) is 18.5 Å². The summed E-state index contributed by atoms with van der Waals surface area (Å²) >= 11 is 0. The standard InChI is InChI=1S/C15H14N2O/c18-15-10-5-1-2-6-12(10)16-14-11(15)9-17-8-4-3-7-13(14)17/h1-2,5-6,9,16H,3-4,7-8H2. The van der Waals surface area contributed by atoms with Gasteiger partial charge in [-0.1, -0.05) is 12.1 Å². The second-order valence-electron chi connectivity index (χ2n) is 5.01. The van der Waals surface area contributed by atoms with Crippen LogP contribution in [0.4, 0.5) is 0 Å². The van der Waals surface area contributed by atoms with Crippen LogP contribution in [-0.2, 0) is 13.0 Å². The van der Waals surface area contributed by atoms with Gasteiger partial charge < -0.3 is 9.55 Å². The van der Waals surface area contributed by atoms with Crippen molar-refractivity contribution in [2.45, 2.75) is 25.8 Å². The van der Waals surface area contributed by atoms with Crippen molar-refractivity contribution in [1.29, 1.82) is 0 Å². The summed E-state index contributed by atoms with van der Waals surface area (Å²) in [5.41, 5.74) is 3.42. The van der Waals surface area contributed by atoms with Crippen LogP contribution in [0.5, 0.6) is 0 Å². The van der Waals surface area contributed by atoms with Gasteiger partial charge in [0.2, 0.25) is 0 Å². The van der Waals surface area contributed by atoms with Crippen LogP contribution in [0, 0.1) is 0 Å². The number of nitrogens with one attached hydrogen (secondary N) is 1. The van der Waals surface area contributed by atoms with E-state index in [1.54, 1.807) is 0 Å². The summed E-state index contributed by atoms with van der Waals surface area (Å²) in [4.78, 5) is 15.9. The summed E-state index contributed by atoms with van der Waals surface area (Å²) in [6.45, 7) is 1.04. The van der Waals surface area contributed by atoms with Crippen LogP contribution in [0.25, 0.3) is 21.8 Å². The number of rotatable bonds is 0. The lowest BCUT2D eigenvalue weighted by atomic mass is 10.1. The van der Waals surface area contributed by atoms with E-state index in [-0.39, 0.29) is 5.43 Å². The number of pyridine rings is 1. The van der Waals surface area contributed by atoms with Crippen LogP contribution >= 0.6 is 0 Å². The minimum Gasteiger partial charge on any atom is -0.353 e. The molecule has 1 N–H and O–H groups in total. The van der Waals surface area contributed by atoms with Crippen molar-refractivity contribution >= 4 is 21.8 Å². The van der Waals surface area contributed by atoms with E-state index in [2.05, 4.69) is 9.55 Å². The van der Waals surface area contributed by atoms with Crippen molar-refractivity contribution in [3.8, 4) is 0 Å². The lowest BCUT2D eigenvalue weighted by Gasteiger charge is -2.14. The number of benzene rings is 1. The molecule has 0 spiro atoms. The summed E-state index contributed by atoms with van der Waals surface area (Å²) in [5, 5.41) is 1.62. The van der Waals surface area contributed by atoms with E-state index >= 15 is 0 Å². The summed E-state index contributed by atoms with van der Waals surface area (Å²) in [6, 6.07) is 7.75. The number of nitrogens with zero attached hydrogens (tertiary/aromatic N) is 1. The minimum absolute atomic E-state index is 0.154. The molecule has 0 aliphatic carbocycles. The van der Waals surface area contributed by atoms with E-state index in [0.717, 1.165) is 34.8 Å². The average Bonchev–Trinajstić information content (AvgIpc) is 2.79. The summed E-state index contributed by atoms with van der Waals surface area (Å²) in [7, 11) is 0. The molecule has 0 saturated heterocycles. The predicted molar refractivity (Wildman–Crippen MR) is 73.0 cm³/mol. The van der Waals surface area contributed by atoms with Crippen molar-refractivity contribution in [2.75, 3.05) is 0 Å². The number of aromatic nitrogens is 2. The van der Waals surface area contributed by atoms with Crippen LogP contribution in [0.3, 0.4) is 0 Å². The molecule has 0 fully saturated rings. The van der Waals surface area contributed by atoms with Gasteiger partial charge in [0.15, 0.2) is 5.43 Å². The molecule has 3 heterocycles. The Morgan fingerprint density at radius 2 is 2.00 bits per heavy atom. The molecule has 0 saturated carbocycles. The quantitative estimate of drug-likeness (QED) is 0.642. The van der Waals surface area contributed by atoms with Crippen molar-refractivity contribution in [3.05, 3.63) is 46.4 Å². The zero-order valence-corrected chi connectivity index (χ0v) is 10.1. The zero-order chi connectivity index (χ0) is 12.1. The van der Waals surface area contributed by atoms with Crippen LogP contribution in [0.2, 0.25) is 0 Å². The Morgan fingerprint density at radius 1 is 1.11 bits per heavy atom. The SMILES string of the molecule is O=c1c2ccccc2[nH]c2c3n(cc12)CCCC3. The van der Waals surface area contributed by atoms with Crippen molar-refractivity contribution in [3.63, 3.8) is 0 Å². The zero-order valence-electron chi connectivity index (χ0n) is 10.1. The smallest absolute Gasteiger partial charge is 0.198 e. The molecule has 0 unspecified atom stereocenters. The maximum atomic E-state index is 12.5. The van der Waals surface area contributed by atoms with Crippen LogP contribution < -0.4 is 5.43 Å². The first-order valence-corrected chi connectivity index (χ1v) is 6.47. The average molecular weight is 238 g/mol. The van der Waals surface area contributed by atoms with E-state index in [0.29, 0.717) is 0 Å². The Balaban J connectivity index is 2.21. The Bertz CT molecular complexity index is 810. The number of H-pyrrole nitrogens is 1. The largest absolute Gasteiger partial charge is 0.353 e. The van der Waals surface area contributed by atoms with Crippen molar-refractivity contribution in [1.82, 2.24) is 9.55 Å². The molecule has 90 valence electrons. The number of hydrogen-bond acceptors (Lipinski definition) is 1. The van der Waals surface area contributed by atoms with Crippen LogP contribution in [0.15, 0.2) is 35.3 Å². The molecule has 0 atom stereocenters. The molecule has 3 nitrogen and oxygen atoms in total. The lowest BCUT2D eigenvalue weighted by Crippen LogP contribution is -2.08. The first-order valence-electron chi connectivity index (χ1n) is 6.47. The van der Waals surface area contributed by atoms with Crippen molar-refractivity contribution < 1.29 is 0 Å². The fraction of sp³-hybridized carbons (Fsp3) is 0.267. The minimum atomic E-state index is 0.154. The molecule has 3 aromatic rings. The highest BCUT2D eigenvalue weighted by molar-refractivity contribution is 5.93. The monoisotopic (exact) mass is 238 g/mol. The predicted octanol–water partition coefficient (Wildman–Crippen LogP) is 2.82. The molecule has 1 aliphatic rings. The number of hydrogen-bond donors (Lipinski definition) is 1. The number of fused-ring (bicyclic) bond motifs is 4. The number of aromatic amines is 1. The molecule has 4 rings (SSSR count). The first kappa shape index (κ1) is 9.95. The third-order valence-corrected chi connectivity index (χ3v) is 3.93. The third-order valence-electron chi connectivity index (χ3n) is 3.93. The molecular weight excluding hydrogens is 224 g/mol. The Morgan fingerprint density at radius 3 is 2.94 bits per heavy atom. The molecular formula is C15H14N2O. The van der Waals surface area contributed by atoms with Gasteiger partial charge in [-0.3, -0.25) is 4.79 Å². The van der Waals surface area contributed by atoms with Crippen LogP contribution in [0.1, 0.15) is 18.5 Å². The van der Waals surface area contributed by atoms with E-state index in [1.807, 2.05) is 30.5 Å². The topological polar surface area (TPSA) is 37.8 Å². The summed E-state index contributed by atoms with van der Waals surface area (Å²) in [6.07, 6.45) is 5.52. The highest BCUT2D eigenvalue weighted by Gasteiger charge is 2.16. The van der Waals surface area contributed by atoms with Gasteiger partial charge in [-0.05, 0) is 31.4 Å². The highest BCUT2D eigenvalue weighted by Crippen LogP contribution is 2.25. The van der Waals surface area contributed by atoms with E-state index in [9.17, 15) is 4.79 Å². The second kappa shape index (κ2) is 3.48. The molecule has 1 aliphatic heterocycles. The Hall–Kier alpha value is -2.03. The summed E-state index contributed by atoms with van der Waals surface area (Å²) < 4.78 is 2.24. The van der Waals surface area contributed by atoms with Gasteiger partial charge >= 0.3 is 0 Å². The second-order valence-corrected chi connectivity index (χ2v) is 5.01. The van der Waals surface area contributed by atoms with Crippen molar-refractivity contribution in [2.24, 2.45) is 0 Å². The van der Waals surface area contributed by atoms with Gasteiger partial charge in [-0.2, -0.15) is 0 Å². The van der Waals surface area contributed by atoms with Crippen LogP contribution in [-0.4, -0.2) is 9.55 Å². The lowest BCUT2D eigenvalue weighted by molar-refractivity contribution is 0.536. The molecule has 0 bridgehead atoms. The molecule has 2 aromatic heterocycles. The van der Waals surface area contributed by atoms with Gasteiger partial charge in [-0.15, -0.1) is 0 Å². The van der Waals surface area contributed by atoms with E-state index < -0.39 is 0 Å². The fourth-order valence-electron chi connectivity index (χ4n) is 3.02. The fourth-order valence-corrected chi connectivity index (χ4v) is 3.02. The van der Waals surface area contributed by atoms with Gasteiger partial charge in [0.05, 0.1) is 10.9 Å².